The standard InChI is InChI=1S/C35H28BrCl2F3N4O6/c1-3-44-30(47)20-9-8-19-21(26(20)32(44)49)13-23-31(48)45(43-29-24(38)10-16(14-42-29)35(39,40)41)33(50)34(23,15-4-6-18(37)7-5-15)27(19)22-11-17(36)12-25(51-2)28(22)46/h4-8,10-12,14,20-21,23,26-27,46H,3,9,13H2,1-2H3,(H,42,43). The Morgan fingerprint density at radius 3 is 2.39 bits per heavy atom. The average Bonchev–Trinajstić information content (AvgIpc) is 3.46. The third-order valence-corrected chi connectivity index (χ3v) is 11.6. The minimum atomic E-state index is -4.75. The molecule has 6 atom stereocenters. The van der Waals surface area contributed by atoms with Crippen LogP contribution in [0.3, 0.4) is 0 Å². The summed E-state index contributed by atoms with van der Waals surface area (Å²) < 4.78 is 46.2. The van der Waals surface area contributed by atoms with Crippen molar-refractivity contribution in [3.8, 4) is 11.5 Å². The number of aromatic hydroxyl groups is 1. The number of nitrogens with one attached hydrogen (secondary N) is 1. The first kappa shape index (κ1) is 35.3. The number of hydrogen-bond acceptors (Lipinski definition) is 8. The van der Waals surface area contributed by atoms with Crippen LogP contribution in [0.5, 0.6) is 11.5 Å². The maximum atomic E-state index is 15.2. The monoisotopic (exact) mass is 806 g/mol. The number of pyridine rings is 1. The van der Waals surface area contributed by atoms with Crippen LogP contribution in [0.2, 0.25) is 10.0 Å². The quantitative estimate of drug-likeness (QED) is 0.204. The summed E-state index contributed by atoms with van der Waals surface area (Å²) in [7, 11) is 1.36. The molecule has 3 aromatic rings. The van der Waals surface area contributed by atoms with Gasteiger partial charge in [0.2, 0.25) is 11.8 Å². The summed E-state index contributed by atoms with van der Waals surface area (Å²) in [6, 6.07) is 10.1. The molecule has 3 heterocycles. The minimum absolute atomic E-state index is 0.0501. The topological polar surface area (TPSA) is 129 Å². The highest BCUT2D eigenvalue weighted by atomic mass is 79.9. The van der Waals surface area contributed by atoms with Crippen molar-refractivity contribution in [2.24, 2.45) is 23.7 Å². The highest BCUT2D eigenvalue weighted by Gasteiger charge is 2.70. The van der Waals surface area contributed by atoms with E-state index in [4.69, 9.17) is 27.9 Å². The van der Waals surface area contributed by atoms with Crippen molar-refractivity contribution in [2.45, 2.75) is 37.3 Å². The maximum Gasteiger partial charge on any atom is 0.417 e. The molecule has 4 amide bonds. The second-order valence-corrected chi connectivity index (χ2v) is 14.6. The Morgan fingerprint density at radius 1 is 1.06 bits per heavy atom. The first-order valence-corrected chi connectivity index (χ1v) is 17.4. The number of benzene rings is 2. The molecule has 266 valence electrons. The lowest BCUT2D eigenvalue weighted by atomic mass is 9.49. The Labute approximate surface area is 307 Å². The number of imide groups is 2. The van der Waals surface area contributed by atoms with Crippen LogP contribution < -0.4 is 10.2 Å². The third kappa shape index (κ3) is 5.23. The molecule has 2 aliphatic heterocycles. The Morgan fingerprint density at radius 2 is 1.76 bits per heavy atom. The van der Waals surface area contributed by atoms with Gasteiger partial charge in [-0.15, -0.1) is 0 Å². The summed E-state index contributed by atoms with van der Waals surface area (Å²) in [4.78, 5) is 62.2. The largest absolute Gasteiger partial charge is 0.504 e. The Hall–Kier alpha value is -4.14. The lowest BCUT2D eigenvalue weighted by Gasteiger charge is -2.50. The molecule has 2 aromatic carbocycles. The summed E-state index contributed by atoms with van der Waals surface area (Å²) in [6.07, 6.45) is -2.28. The molecule has 6 unspecified atom stereocenters. The fourth-order valence-corrected chi connectivity index (χ4v) is 9.26. The molecule has 2 N–H and O–H groups in total. The van der Waals surface area contributed by atoms with E-state index in [-0.39, 0.29) is 54.1 Å². The van der Waals surface area contributed by atoms with Crippen LogP contribution in [0.25, 0.3) is 0 Å². The molecule has 0 bridgehead atoms. The van der Waals surface area contributed by atoms with Crippen LogP contribution in [0, 0.1) is 23.7 Å². The van der Waals surface area contributed by atoms with Gasteiger partial charge in [-0.3, -0.25) is 29.5 Å². The van der Waals surface area contributed by atoms with Crippen molar-refractivity contribution in [1.29, 1.82) is 0 Å². The molecule has 1 aromatic heterocycles. The summed E-state index contributed by atoms with van der Waals surface area (Å²) in [5, 5.41) is 12.3. The third-order valence-electron chi connectivity index (χ3n) is 10.6. The predicted molar refractivity (Wildman–Crippen MR) is 182 cm³/mol. The van der Waals surface area contributed by atoms with E-state index in [0.29, 0.717) is 37.9 Å². The molecular weight excluding hydrogens is 780 g/mol. The molecule has 2 aliphatic carbocycles. The number of anilines is 1. The zero-order chi connectivity index (χ0) is 36.7. The fourth-order valence-electron chi connectivity index (χ4n) is 8.47. The molecule has 10 nitrogen and oxygen atoms in total. The van der Waals surface area contributed by atoms with Crippen molar-refractivity contribution >= 4 is 68.6 Å². The lowest BCUT2D eigenvalue weighted by Crippen LogP contribution is -2.53. The second-order valence-electron chi connectivity index (χ2n) is 12.9. The van der Waals surface area contributed by atoms with E-state index < -0.39 is 63.6 Å². The number of ether oxygens (including phenoxy) is 1. The van der Waals surface area contributed by atoms with Gasteiger partial charge in [0.05, 0.1) is 40.9 Å². The van der Waals surface area contributed by atoms with Crippen LogP contribution in [-0.2, 0) is 30.8 Å². The number of alkyl halides is 3. The second kappa shape index (κ2) is 12.5. The highest BCUT2D eigenvalue weighted by Crippen LogP contribution is 2.65. The molecule has 16 heteroatoms. The molecule has 7 rings (SSSR count). The van der Waals surface area contributed by atoms with E-state index in [1.165, 1.54) is 18.1 Å². The van der Waals surface area contributed by atoms with Gasteiger partial charge < -0.3 is 9.84 Å². The molecule has 0 radical (unpaired) electrons. The zero-order valence-corrected chi connectivity index (χ0v) is 29.9. The van der Waals surface area contributed by atoms with Gasteiger partial charge in [-0.1, -0.05) is 62.9 Å². The Kier molecular flexibility index (Phi) is 8.66. The molecular formula is C35H28BrCl2F3N4O6. The van der Waals surface area contributed by atoms with Crippen molar-refractivity contribution in [1.82, 2.24) is 14.9 Å². The molecule has 3 fully saturated rings. The summed E-state index contributed by atoms with van der Waals surface area (Å²) in [6.45, 7) is 1.86. The van der Waals surface area contributed by atoms with Gasteiger partial charge in [0, 0.05) is 33.7 Å². The zero-order valence-electron chi connectivity index (χ0n) is 26.8. The van der Waals surface area contributed by atoms with Crippen LogP contribution in [0.4, 0.5) is 19.0 Å². The van der Waals surface area contributed by atoms with Crippen molar-refractivity contribution in [3.05, 3.63) is 91.5 Å². The smallest absolute Gasteiger partial charge is 0.417 e. The van der Waals surface area contributed by atoms with Crippen LogP contribution >= 0.6 is 39.1 Å². The predicted octanol–water partition coefficient (Wildman–Crippen LogP) is 6.89. The van der Waals surface area contributed by atoms with Gasteiger partial charge >= 0.3 is 6.18 Å². The first-order chi connectivity index (χ1) is 24.1. The van der Waals surface area contributed by atoms with Gasteiger partial charge in [0.15, 0.2) is 17.3 Å². The Bertz CT molecular complexity index is 2050. The fraction of sp³-hybridized carbons (Fsp3) is 0.343. The van der Waals surface area contributed by atoms with Crippen molar-refractivity contribution in [2.75, 3.05) is 19.1 Å². The van der Waals surface area contributed by atoms with Gasteiger partial charge in [-0.25, -0.2) is 4.98 Å². The molecule has 4 aliphatic rings. The minimum Gasteiger partial charge on any atom is -0.504 e. The number of allylic oxidation sites excluding steroid dienone is 2. The number of carbonyl (C=O) groups is 4. The summed E-state index contributed by atoms with van der Waals surface area (Å²) in [5.74, 6) is -7.49. The number of carbonyl (C=O) groups excluding carboxylic acids is 4. The number of amides is 4. The SMILES string of the molecule is CCN1C(=O)C2CC=C3C(CC4C(=O)N(Nc5ncc(C(F)(F)F)cc5Cl)C(=O)C4(c4ccc(Cl)cc4)C3c3cc(Br)cc(OC)c3O)C2C1=O. The van der Waals surface area contributed by atoms with Gasteiger partial charge in [-0.05, 0) is 61.6 Å². The van der Waals surface area contributed by atoms with E-state index in [9.17, 15) is 32.7 Å². The number of hydrazine groups is 1. The van der Waals surface area contributed by atoms with Crippen molar-refractivity contribution < 1.29 is 42.2 Å². The van der Waals surface area contributed by atoms with Crippen LogP contribution in [0.15, 0.2) is 64.8 Å². The highest BCUT2D eigenvalue weighted by molar-refractivity contribution is 9.10. The lowest BCUT2D eigenvalue weighted by molar-refractivity contribution is -0.141. The molecule has 51 heavy (non-hydrogen) atoms. The molecule has 0 spiro atoms. The van der Waals surface area contributed by atoms with E-state index >= 15 is 4.79 Å². The summed E-state index contributed by atoms with van der Waals surface area (Å²) >= 11 is 16.0. The number of nitrogens with zero attached hydrogens (tertiary/aromatic N) is 3. The molecule has 2 saturated heterocycles. The maximum absolute atomic E-state index is 15.2. The van der Waals surface area contributed by atoms with Gasteiger partial charge in [-0.2, -0.15) is 18.2 Å². The number of likely N-dealkylation sites (tertiary alicyclic amines) is 1. The number of rotatable bonds is 6. The van der Waals surface area contributed by atoms with Crippen LogP contribution in [-0.4, -0.2) is 57.3 Å². The Balaban J connectivity index is 1.48. The number of fused-ring (bicyclic) bond motifs is 4. The normalized spacial score (nSPS) is 27.3. The van der Waals surface area contributed by atoms with Crippen molar-refractivity contribution in [3.63, 3.8) is 0 Å². The average molecular weight is 808 g/mol. The van der Waals surface area contributed by atoms with E-state index in [1.807, 2.05) is 6.08 Å². The van der Waals surface area contributed by atoms with Gasteiger partial charge in [0.1, 0.15) is 0 Å². The van der Waals surface area contributed by atoms with E-state index in [2.05, 4.69) is 26.3 Å². The number of methoxy groups -OCH3 is 1. The van der Waals surface area contributed by atoms with Gasteiger partial charge in [0.25, 0.3) is 11.8 Å². The van der Waals surface area contributed by atoms with E-state index in [0.717, 1.165) is 0 Å². The number of phenolic OH excluding ortho intramolecular Hbond substituents is 1. The summed E-state index contributed by atoms with van der Waals surface area (Å²) in [5.41, 5.74) is 0.754. The number of aromatic nitrogens is 1. The number of hydrogen-bond donors (Lipinski definition) is 2. The van der Waals surface area contributed by atoms with Crippen LogP contribution in [0.1, 0.15) is 42.4 Å². The molecule has 1 saturated carbocycles. The van der Waals surface area contributed by atoms with E-state index in [1.54, 1.807) is 37.3 Å². The number of halogens is 6. The first-order valence-electron chi connectivity index (χ1n) is 15.9. The number of phenols is 1.